The molecule has 0 saturated heterocycles. The van der Waals surface area contributed by atoms with E-state index in [1.165, 1.54) is 6.92 Å². The van der Waals surface area contributed by atoms with E-state index in [-0.39, 0.29) is 12.0 Å². The van der Waals surface area contributed by atoms with E-state index in [1.54, 1.807) is 6.92 Å². The van der Waals surface area contributed by atoms with Gasteiger partial charge >= 0.3 is 5.97 Å². The Balaban J connectivity index is 4.40. The van der Waals surface area contributed by atoms with Gasteiger partial charge in [-0.1, -0.05) is 20.3 Å². The monoisotopic (exact) mass is 203 g/mol. The number of esters is 1. The Morgan fingerprint density at radius 3 is 2.29 bits per heavy atom. The Bertz CT molecular complexity index is 182. The molecule has 0 aromatic rings. The third-order valence-electron chi connectivity index (χ3n) is 2.38. The van der Waals surface area contributed by atoms with Crippen LogP contribution in [0.1, 0.15) is 34.1 Å². The predicted molar refractivity (Wildman–Crippen MR) is 54.7 cm³/mol. The minimum Gasteiger partial charge on any atom is -0.458 e. The summed E-state index contributed by atoms with van der Waals surface area (Å²) >= 11 is 0. The van der Waals surface area contributed by atoms with Crippen LogP contribution in [0.3, 0.4) is 0 Å². The van der Waals surface area contributed by atoms with Crippen molar-refractivity contribution in [2.24, 2.45) is 11.7 Å². The molecule has 0 amide bonds. The largest absolute Gasteiger partial charge is 0.458 e. The maximum Gasteiger partial charge on any atom is 0.303 e. The topological polar surface area (TPSA) is 72.5 Å². The molecule has 0 rings (SSSR count). The molecule has 0 heterocycles. The van der Waals surface area contributed by atoms with Gasteiger partial charge in [-0.2, -0.15) is 0 Å². The average molecular weight is 203 g/mol. The molecule has 3 N–H and O–H groups in total. The van der Waals surface area contributed by atoms with Gasteiger partial charge in [0.15, 0.2) is 0 Å². The van der Waals surface area contributed by atoms with Crippen LogP contribution in [0.15, 0.2) is 0 Å². The summed E-state index contributed by atoms with van der Waals surface area (Å²) in [5.74, 6) is -0.333. The zero-order valence-corrected chi connectivity index (χ0v) is 9.36. The van der Waals surface area contributed by atoms with Crippen molar-refractivity contribution in [1.29, 1.82) is 0 Å². The Labute approximate surface area is 85.4 Å². The van der Waals surface area contributed by atoms with Crippen molar-refractivity contribution in [2.75, 3.05) is 0 Å². The van der Waals surface area contributed by atoms with Crippen molar-refractivity contribution in [3.63, 3.8) is 0 Å². The van der Waals surface area contributed by atoms with Crippen LogP contribution in [0.5, 0.6) is 0 Å². The van der Waals surface area contributed by atoms with Crippen LogP contribution in [-0.4, -0.2) is 29.3 Å². The number of hydrogen-bond acceptors (Lipinski definition) is 4. The van der Waals surface area contributed by atoms with Gasteiger partial charge in [0.25, 0.3) is 0 Å². The zero-order chi connectivity index (χ0) is 11.3. The van der Waals surface area contributed by atoms with E-state index in [2.05, 4.69) is 0 Å². The standard InChI is InChI=1S/C10H21NO3/c1-5-6(2)9(13)10(7(3)11)14-8(4)12/h6-7,9-10,13H,5,11H2,1-4H3. The number of rotatable bonds is 5. The quantitative estimate of drug-likeness (QED) is 0.644. The highest BCUT2D eigenvalue weighted by Gasteiger charge is 2.29. The predicted octanol–water partition coefficient (Wildman–Crippen LogP) is 0.672. The first kappa shape index (κ1) is 13.4. The summed E-state index contributed by atoms with van der Waals surface area (Å²) in [4.78, 5) is 10.8. The molecule has 4 unspecified atom stereocenters. The van der Waals surface area contributed by atoms with Crippen LogP contribution >= 0.6 is 0 Å². The molecule has 4 atom stereocenters. The molecule has 0 spiro atoms. The number of nitrogens with two attached hydrogens (primary N) is 1. The van der Waals surface area contributed by atoms with Crippen LogP contribution in [0.4, 0.5) is 0 Å². The Morgan fingerprint density at radius 2 is 2.00 bits per heavy atom. The molecule has 4 nitrogen and oxygen atoms in total. The fraction of sp³-hybridized carbons (Fsp3) is 0.900. The highest BCUT2D eigenvalue weighted by molar-refractivity contribution is 5.66. The van der Waals surface area contributed by atoms with E-state index in [0.29, 0.717) is 0 Å². The summed E-state index contributed by atoms with van der Waals surface area (Å²) in [5, 5.41) is 9.84. The molecule has 0 aromatic carbocycles. The number of hydrogen-bond donors (Lipinski definition) is 2. The molecule has 84 valence electrons. The second-order valence-electron chi connectivity index (χ2n) is 3.81. The molecule has 0 aliphatic heterocycles. The SMILES string of the molecule is CCC(C)C(O)C(OC(C)=O)C(C)N. The lowest BCUT2D eigenvalue weighted by molar-refractivity contribution is -0.155. The van der Waals surface area contributed by atoms with Crippen LogP contribution in [0.2, 0.25) is 0 Å². The molecule has 0 aliphatic carbocycles. The van der Waals surface area contributed by atoms with Crippen LogP contribution in [-0.2, 0) is 9.53 Å². The van der Waals surface area contributed by atoms with Gasteiger partial charge in [0.1, 0.15) is 6.10 Å². The molecule has 4 heteroatoms. The van der Waals surface area contributed by atoms with Crippen molar-refractivity contribution in [3.8, 4) is 0 Å². The Kier molecular flexibility index (Phi) is 5.72. The molecular formula is C10H21NO3. The Morgan fingerprint density at radius 1 is 1.50 bits per heavy atom. The minimum absolute atomic E-state index is 0.0744. The lowest BCUT2D eigenvalue weighted by Gasteiger charge is -2.29. The number of aliphatic hydroxyl groups excluding tert-OH is 1. The smallest absolute Gasteiger partial charge is 0.303 e. The van der Waals surface area contributed by atoms with E-state index in [0.717, 1.165) is 6.42 Å². The lowest BCUT2D eigenvalue weighted by atomic mass is 9.94. The maximum atomic E-state index is 10.8. The van der Waals surface area contributed by atoms with E-state index in [4.69, 9.17) is 10.5 Å². The van der Waals surface area contributed by atoms with Crippen LogP contribution < -0.4 is 5.73 Å². The number of aliphatic hydroxyl groups is 1. The fourth-order valence-corrected chi connectivity index (χ4v) is 1.24. The molecule has 0 bridgehead atoms. The third kappa shape index (κ3) is 4.07. The average Bonchev–Trinajstić information content (AvgIpc) is 2.11. The number of carbonyl (C=O) groups excluding carboxylic acids is 1. The van der Waals surface area contributed by atoms with E-state index < -0.39 is 18.2 Å². The highest BCUT2D eigenvalue weighted by atomic mass is 16.6. The van der Waals surface area contributed by atoms with Gasteiger partial charge in [-0.3, -0.25) is 4.79 Å². The normalized spacial score (nSPS) is 19.6. The summed E-state index contributed by atoms with van der Waals surface area (Å²) in [6.07, 6.45) is -0.475. The van der Waals surface area contributed by atoms with E-state index >= 15 is 0 Å². The van der Waals surface area contributed by atoms with Gasteiger partial charge in [0, 0.05) is 13.0 Å². The second-order valence-corrected chi connectivity index (χ2v) is 3.81. The lowest BCUT2D eigenvalue weighted by Crippen LogP contribution is -2.46. The second kappa shape index (κ2) is 5.98. The summed E-state index contributed by atoms with van der Waals surface area (Å²) in [5.41, 5.74) is 5.64. The zero-order valence-electron chi connectivity index (χ0n) is 9.36. The first-order valence-electron chi connectivity index (χ1n) is 5.01. The highest BCUT2D eigenvalue weighted by Crippen LogP contribution is 2.15. The van der Waals surface area contributed by atoms with E-state index in [9.17, 15) is 9.90 Å². The van der Waals surface area contributed by atoms with Gasteiger partial charge in [0.2, 0.25) is 0 Å². The molecule has 0 fully saturated rings. The van der Waals surface area contributed by atoms with Crippen molar-refractivity contribution in [2.45, 2.75) is 52.4 Å². The molecule has 0 saturated carbocycles. The first-order valence-corrected chi connectivity index (χ1v) is 5.01. The molecule has 0 aromatic heterocycles. The third-order valence-corrected chi connectivity index (χ3v) is 2.38. The van der Waals surface area contributed by atoms with Gasteiger partial charge in [-0.15, -0.1) is 0 Å². The van der Waals surface area contributed by atoms with Gasteiger partial charge in [0.05, 0.1) is 6.10 Å². The van der Waals surface area contributed by atoms with Crippen LogP contribution in [0, 0.1) is 5.92 Å². The number of carbonyl (C=O) groups is 1. The molecule has 0 radical (unpaired) electrons. The van der Waals surface area contributed by atoms with Crippen molar-refractivity contribution in [3.05, 3.63) is 0 Å². The van der Waals surface area contributed by atoms with E-state index in [1.807, 2.05) is 13.8 Å². The summed E-state index contributed by atoms with van der Waals surface area (Å²) in [6.45, 7) is 6.92. The van der Waals surface area contributed by atoms with Crippen molar-refractivity contribution >= 4 is 5.97 Å². The summed E-state index contributed by atoms with van der Waals surface area (Å²) < 4.78 is 4.98. The molecule has 0 aliphatic rings. The molecular weight excluding hydrogens is 182 g/mol. The van der Waals surface area contributed by atoms with Crippen LogP contribution in [0.25, 0.3) is 0 Å². The fourth-order valence-electron chi connectivity index (χ4n) is 1.24. The van der Waals surface area contributed by atoms with Gasteiger partial charge in [-0.05, 0) is 12.8 Å². The van der Waals surface area contributed by atoms with Crippen molar-refractivity contribution in [1.82, 2.24) is 0 Å². The maximum absolute atomic E-state index is 10.8. The molecule has 14 heavy (non-hydrogen) atoms. The summed E-state index contributed by atoms with van der Waals surface area (Å²) in [7, 11) is 0. The van der Waals surface area contributed by atoms with Gasteiger partial charge < -0.3 is 15.6 Å². The summed E-state index contributed by atoms with van der Waals surface area (Å²) in [6, 6.07) is -0.358. The van der Waals surface area contributed by atoms with Crippen molar-refractivity contribution < 1.29 is 14.6 Å². The minimum atomic E-state index is -0.691. The number of ether oxygens (including phenoxy) is 1. The first-order chi connectivity index (χ1) is 6.40. The van der Waals surface area contributed by atoms with Gasteiger partial charge in [-0.25, -0.2) is 0 Å². The Hall–Kier alpha value is -0.610.